The first kappa shape index (κ1) is 14.7. The average Bonchev–Trinajstić information content (AvgIpc) is 2.37. The van der Waals surface area contributed by atoms with Crippen LogP contribution in [-0.4, -0.2) is 16.0 Å². The Bertz CT molecular complexity index is 658. The van der Waals surface area contributed by atoms with E-state index >= 15 is 0 Å². The van der Waals surface area contributed by atoms with E-state index < -0.39 is 22.6 Å². The van der Waals surface area contributed by atoms with Gasteiger partial charge in [-0.15, -0.1) is 0 Å². The summed E-state index contributed by atoms with van der Waals surface area (Å²) in [7, 11) is 0. The molecule has 0 saturated heterocycles. The lowest BCUT2D eigenvalue weighted by molar-refractivity contribution is -0.431. The van der Waals surface area contributed by atoms with Gasteiger partial charge in [0.15, 0.2) is 0 Å². The summed E-state index contributed by atoms with van der Waals surface area (Å²) in [5.74, 6) is -3.25. The Morgan fingerprint density at radius 1 is 1.33 bits per heavy atom. The third kappa shape index (κ3) is 2.49. The van der Waals surface area contributed by atoms with Crippen LogP contribution in [-0.2, 0) is 4.79 Å². The van der Waals surface area contributed by atoms with Crippen molar-refractivity contribution in [2.75, 3.05) is 0 Å². The Hall–Kier alpha value is -2.70. The lowest BCUT2D eigenvalue weighted by atomic mass is 9.84. The van der Waals surface area contributed by atoms with Crippen molar-refractivity contribution >= 4 is 5.97 Å². The number of nitrogens with zero attached hydrogens (tertiary/aromatic N) is 1. The minimum Gasteiger partial charge on any atom is -0.478 e. The first-order chi connectivity index (χ1) is 9.84. The summed E-state index contributed by atoms with van der Waals surface area (Å²) in [6, 6.07) is 5.47. The van der Waals surface area contributed by atoms with Gasteiger partial charge in [-0.2, -0.15) is 0 Å². The predicted molar refractivity (Wildman–Crippen MR) is 72.3 cm³/mol. The molecule has 0 spiro atoms. The number of rotatable bonds is 3. The maximum Gasteiger partial charge on any atom is 0.334 e. The molecule has 6 nitrogen and oxygen atoms in total. The monoisotopic (exact) mass is 292 g/mol. The number of nitro groups is 1. The molecular formula is C14H13FN2O4. The maximum absolute atomic E-state index is 14.0. The van der Waals surface area contributed by atoms with Gasteiger partial charge >= 0.3 is 5.97 Å². The Morgan fingerprint density at radius 2 is 1.95 bits per heavy atom. The summed E-state index contributed by atoms with van der Waals surface area (Å²) in [6.07, 6.45) is 0. The number of halogens is 1. The molecule has 1 aliphatic heterocycles. The Kier molecular flexibility index (Phi) is 3.75. The number of hydrogen-bond acceptors (Lipinski definition) is 4. The van der Waals surface area contributed by atoms with Crippen molar-refractivity contribution in [2.45, 2.75) is 19.8 Å². The van der Waals surface area contributed by atoms with Gasteiger partial charge in [0.25, 0.3) is 5.70 Å². The average molecular weight is 292 g/mol. The van der Waals surface area contributed by atoms with E-state index in [-0.39, 0.29) is 28.2 Å². The van der Waals surface area contributed by atoms with Gasteiger partial charge in [-0.25, -0.2) is 9.18 Å². The van der Waals surface area contributed by atoms with E-state index in [1.807, 2.05) is 0 Å². The fourth-order valence-electron chi connectivity index (χ4n) is 2.52. The highest BCUT2D eigenvalue weighted by molar-refractivity contribution is 5.90. The molecule has 1 aromatic rings. The molecular weight excluding hydrogens is 279 g/mol. The molecule has 7 heteroatoms. The minimum absolute atomic E-state index is 0.0261. The van der Waals surface area contributed by atoms with E-state index in [2.05, 4.69) is 5.32 Å². The molecule has 0 aliphatic carbocycles. The summed E-state index contributed by atoms with van der Waals surface area (Å²) in [6.45, 7) is 2.96. The highest BCUT2D eigenvalue weighted by Crippen LogP contribution is 2.39. The molecule has 1 atom stereocenters. The van der Waals surface area contributed by atoms with Crippen LogP contribution in [0.2, 0.25) is 0 Å². The summed E-state index contributed by atoms with van der Waals surface area (Å²) in [5, 5.41) is 23.3. The summed E-state index contributed by atoms with van der Waals surface area (Å²) in [5.41, 5.74) is -0.142. The number of carboxylic acids is 1. The molecule has 0 radical (unpaired) electrons. The topological polar surface area (TPSA) is 92.5 Å². The molecule has 110 valence electrons. The molecule has 0 saturated carbocycles. The predicted octanol–water partition coefficient (Wildman–Crippen LogP) is 2.38. The van der Waals surface area contributed by atoms with Crippen LogP contribution in [0.15, 0.2) is 46.9 Å². The third-order valence-corrected chi connectivity index (χ3v) is 3.37. The first-order valence-electron chi connectivity index (χ1n) is 6.15. The zero-order chi connectivity index (χ0) is 15.7. The SMILES string of the molecule is CC1=C(C(=O)O)[C@H](c2ccccc2F)C([N+](=O)[O-])=C(C)N1. The van der Waals surface area contributed by atoms with Crippen molar-refractivity contribution in [3.63, 3.8) is 0 Å². The van der Waals surface area contributed by atoms with E-state index in [1.54, 1.807) is 0 Å². The van der Waals surface area contributed by atoms with Gasteiger partial charge < -0.3 is 10.4 Å². The van der Waals surface area contributed by atoms with Crippen LogP contribution in [0.25, 0.3) is 0 Å². The third-order valence-electron chi connectivity index (χ3n) is 3.37. The van der Waals surface area contributed by atoms with Crippen molar-refractivity contribution in [2.24, 2.45) is 0 Å². The fourth-order valence-corrected chi connectivity index (χ4v) is 2.52. The summed E-state index contributed by atoms with van der Waals surface area (Å²) < 4.78 is 14.0. The molecule has 2 rings (SSSR count). The summed E-state index contributed by atoms with van der Waals surface area (Å²) >= 11 is 0. The van der Waals surface area contributed by atoms with Gasteiger partial charge in [0.1, 0.15) is 11.7 Å². The zero-order valence-electron chi connectivity index (χ0n) is 11.4. The van der Waals surface area contributed by atoms with Crippen molar-refractivity contribution in [3.8, 4) is 0 Å². The van der Waals surface area contributed by atoms with Crippen LogP contribution in [0.5, 0.6) is 0 Å². The van der Waals surface area contributed by atoms with E-state index in [9.17, 15) is 24.4 Å². The summed E-state index contributed by atoms with van der Waals surface area (Å²) in [4.78, 5) is 22.1. The number of allylic oxidation sites excluding steroid dienone is 3. The molecule has 1 heterocycles. The van der Waals surface area contributed by atoms with Gasteiger partial charge in [-0.05, 0) is 19.9 Å². The Balaban J connectivity index is 2.74. The van der Waals surface area contributed by atoms with Gasteiger partial charge in [0, 0.05) is 11.3 Å². The number of nitrogens with one attached hydrogen (secondary N) is 1. The van der Waals surface area contributed by atoms with Crippen molar-refractivity contribution in [1.82, 2.24) is 5.32 Å². The number of benzene rings is 1. The van der Waals surface area contributed by atoms with Crippen LogP contribution in [0, 0.1) is 15.9 Å². The normalized spacial score (nSPS) is 18.5. The van der Waals surface area contributed by atoms with Gasteiger partial charge in [-0.3, -0.25) is 10.1 Å². The van der Waals surface area contributed by atoms with Crippen LogP contribution < -0.4 is 5.32 Å². The second kappa shape index (κ2) is 5.35. The van der Waals surface area contributed by atoms with Crippen LogP contribution >= 0.6 is 0 Å². The number of carboxylic acid groups (broad SMARTS) is 1. The molecule has 21 heavy (non-hydrogen) atoms. The highest BCUT2D eigenvalue weighted by Gasteiger charge is 2.41. The quantitative estimate of drug-likeness (QED) is 0.659. The maximum atomic E-state index is 14.0. The Labute approximate surface area is 119 Å². The molecule has 0 bridgehead atoms. The fraction of sp³-hybridized carbons (Fsp3) is 0.214. The van der Waals surface area contributed by atoms with E-state index in [0.29, 0.717) is 0 Å². The molecule has 0 aromatic heterocycles. The number of aliphatic carboxylic acids is 1. The molecule has 0 unspecified atom stereocenters. The first-order valence-corrected chi connectivity index (χ1v) is 6.15. The van der Waals surface area contributed by atoms with Gasteiger partial charge in [0.2, 0.25) is 0 Å². The molecule has 0 fully saturated rings. The molecule has 1 aromatic carbocycles. The smallest absolute Gasteiger partial charge is 0.334 e. The van der Waals surface area contributed by atoms with Crippen LogP contribution in [0.1, 0.15) is 25.3 Å². The van der Waals surface area contributed by atoms with Gasteiger partial charge in [0.05, 0.1) is 16.2 Å². The lowest BCUT2D eigenvalue weighted by Crippen LogP contribution is -2.31. The van der Waals surface area contributed by atoms with Crippen LogP contribution in [0.3, 0.4) is 0 Å². The molecule has 2 N–H and O–H groups in total. The Morgan fingerprint density at radius 3 is 2.48 bits per heavy atom. The van der Waals surface area contributed by atoms with Gasteiger partial charge in [-0.1, -0.05) is 18.2 Å². The second-order valence-electron chi connectivity index (χ2n) is 4.69. The standard InChI is InChI=1S/C14H13FN2O4/c1-7-11(14(18)19)12(9-5-3-4-6-10(9)15)13(17(20)21)8(2)16-7/h3-6,12,16H,1-2H3,(H,18,19)/t12-/m0/s1. The minimum atomic E-state index is -1.32. The molecule has 0 amide bonds. The number of dihydropyridines is 1. The highest BCUT2D eigenvalue weighted by atomic mass is 19.1. The van der Waals surface area contributed by atoms with Crippen molar-refractivity contribution in [1.29, 1.82) is 0 Å². The van der Waals surface area contributed by atoms with E-state index in [0.717, 1.165) is 6.07 Å². The lowest BCUT2D eigenvalue weighted by Gasteiger charge is -2.25. The van der Waals surface area contributed by atoms with Crippen molar-refractivity contribution in [3.05, 3.63) is 68.4 Å². The molecule has 1 aliphatic rings. The zero-order valence-corrected chi connectivity index (χ0v) is 11.4. The van der Waals surface area contributed by atoms with Crippen molar-refractivity contribution < 1.29 is 19.2 Å². The van der Waals surface area contributed by atoms with Crippen LogP contribution in [0.4, 0.5) is 4.39 Å². The van der Waals surface area contributed by atoms with E-state index in [4.69, 9.17) is 0 Å². The number of carbonyl (C=O) groups is 1. The van der Waals surface area contributed by atoms with E-state index in [1.165, 1.54) is 32.0 Å². The largest absolute Gasteiger partial charge is 0.478 e. The number of hydrogen-bond donors (Lipinski definition) is 2. The second-order valence-corrected chi connectivity index (χ2v) is 4.69.